The standard InChI is InChI=1S/C22H26N4O3S2/c1-15(16-8-6-5-7-9-16)24-21(27)25-17-10-11-18(19-13-23-14-30-19)20(12-17)31(28,29)26-22(2,3)4/h5-15,26H,1-4H3,(H2,24,25,27)/t15-/m1/s1. The maximum atomic E-state index is 13.1. The summed E-state index contributed by atoms with van der Waals surface area (Å²) in [5.74, 6) is 0. The minimum Gasteiger partial charge on any atom is -0.331 e. The maximum Gasteiger partial charge on any atom is 0.319 e. The van der Waals surface area contributed by atoms with E-state index in [1.807, 2.05) is 37.3 Å². The number of urea groups is 1. The summed E-state index contributed by atoms with van der Waals surface area (Å²) in [6, 6.07) is 13.8. The molecule has 3 N–H and O–H groups in total. The molecule has 0 bridgehead atoms. The third-order valence-electron chi connectivity index (χ3n) is 4.31. The first kappa shape index (κ1) is 22.9. The van der Waals surface area contributed by atoms with Crippen molar-refractivity contribution in [3.63, 3.8) is 0 Å². The number of hydrogen-bond acceptors (Lipinski definition) is 5. The first-order chi connectivity index (χ1) is 14.5. The largest absolute Gasteiger partial charge is 0.331 e. The fourth-order valence-corrected chi connectivity index (χ4v) is 5.41. The molecule has 31 heavy (non-hydrogen) atoms. The van der Waals surface area contributed by atoms with Crippen LogP contribution in [0.1, 0.15) is 39.3 Å². The van der Waals surface area contributed by atoms with Crippen molar-refractivity contribution in [2.24, 2.45) is 0 Å². The molecule has 0 aliphatic heterocycles. The van der Waals surface area contributed by atoms with E-state index < -0.39 is 21.6 Å². The van der Waals surface area contributed by atoms with Crippen molar-refractivity contribution >= 4 is 33.1 Å². The second kappa shape index (κ2) is 9.17. The van der Waals surface area contributed by atoms with E-state index in [1.54, 1.807) is 44.6 Å². The molecule has 164 valence electrons. The van der Waals surface area contributed by atoms with Crippen molar-refractivity contribution < 1.29 is 13.2 Å². The zero-order valence-electron chi connectivity index (χ0n) is 17.8. The van der Waals surface area contributed by atoms with Gasteiger partial charge in [-0.1, -0.05) is 36.4 Å². The quantitative estimate of drug-likeness (QED) is 0.495. The van der Waals surface area contributed by atoms with Crippen molar-refractivity contribution in [1.29, 1.82) is 0 Å². The Labute approximate surface area is 187 Å². The van der Waals surface area contributed by atoms with Crippen LogP contribution < -0.4 is 15.4 Å². The van der Waals surface area contributed by atoms with Crippen LogP contribution in [0.25, 0.3) is 10.4 Å². The van der Waals surface area contributed by atoms with Crippen LogP contribution in [0.3, 0.4) is 0 Å². The van der Waals surface area contributed by atoms with Gasteiger partial charge in [0.25, 0.3) is 0 Å². The van der Waals surface area contributed by atoms with Crippen molar-refractivity contribution in [3.05, 3.63) is 65.8 Å². The van der Waals surface area contributed by atoms with Crippen LogP contribution in [0.15, 0.2) is 65.1 Å². The minimum atomic E-state index is -3.84. The number of benzene rings is 2. The van der Waals surface area contributed by atoms with Crippen LogP contribution in [0.4, 0.5) is 10.5 Å². The number of amides is 2. The van der Waals surface area contributed by atoms with E-state index in [0.717, 1.165) is 10.4 Å². The molecule has 1 atom stereocenters. The number of anilines is 1. The summed E-state index contributed by atoms with van der Waals surface area (Å²) in [5.41, 5.74) is 2.86. The molecule has 0 unspecified atom stereocenters. The van der Waals surface area contributed by atoms with Gasteiger partial charge in [-0.3, -0.25) is 4.98 Å². The highest BCUT2D eigenvalue weighted by Gasteiger charge is 2.26. The van der Waals surface area contributed by atoms with Gasteiger partial charge in [0.15, 0.2) is 0 Å². The van der Waals surface area contributed by atoms with E-state index in [0.29, 0.717) is 11.3 Å². The number of hydrogen-bond donors (Lipinski definition) is 3. The molecule has 2 amide bonds. The summed E-state index contributed by atoms with van der Waals surface area (Å²) in [7, 11) is -3.84. The predicted octanol–water partition coefficient (Wildman–Crippen LogP) is 4.77. The van der Waals surface area contributed by atoms with Gasteiger partial charge in [0.05, 0.1) is 21.3 Å². The highest BCUT2D eigenvalue weighted by molar-refractivity contribution is 7.89. The van der Waals surface area contributed by atoms with E-state index in [9.17, 15) is 13.2 Å². The highest BCUT2D eigenvalue weighted by atomic mass is 32.2. The Hall–Kier alpha value is -2.75. The number of sulfonamides is 1. The number of carbonyl (C=O) groups is 1. The molecule has 0 aliphatic carbocycles. The number of nitrogens with one attached hydrogen (secondary N) is 3. The molecule has 3 aromatic rings. The van der Waals surface area contributed by atoms with E-state index in [4.69, 9.17) is 0 Å². The smallest absolute Gasteiger partial charge is 0.319 e. The third-order valence-corrected chi connectivity index (χ3v) is 6.92. The van der Waals surface area contributed by atoms with Crippen molar-refractivity contribution in [2.75, 3.05) is 5.32 Å². The number of aromatic nitrogens is 1. The monoisotopic (exact) mass is 458 g/mol. The van der Waals surface area contributed by atoms with Gasteiger partial charge in [0.2, 0.25) is 10.0 Å². The first-order valence-corrected chi connectivity index (χ1v) is 12.1. The molecular weight excluding hydrogens is 432 g/mol. The van der Waals surface area contributed by atoms with Crippen LogP contribution in [0.2, 0.25) is 0 Å². The summed E-state index contributed by atoms with van der Waals surface area (Å²) in [6.07, 6.45) is 1.62. The minimum absolute atomic E-state index is 0.0839. The van der Waals surface area contributed by atoms with Gasteiger partial charge in [-0.25, -0.2) is 17.9 Å². The summed E-state index contributed by atoms with van der Waals surface area (Å²) >= 11 is 1.35. The van der Waals surface area contributed by atoms with Gasteiger partial charge in [-0.05, 0) is 45.4 Å². The second-order valence-electron chi connectivity index (χ2n) is 8.16. The van der Waals surface area contributed by atoms with E-state index in [1.165, 1.54) is 17.4 Å². The summed E-state index contributed by atoms with van der Waals surface area (Å²) in [6.45, 7) is 7.21. The van der Waals surface area contributed by atoms with Crippen LogP contribution in [0, 0.1) is 0 Å². The first-order valence-electron chi connectivity index (χ1n) is 9.74. The lowest BCUT2D eigenvalue weighted by molar-refractivity contribution is 0.249. The zero-order chi connectivity index (χ0) is 22.6. The number of rotatable bonds is 6. The Morgan fingerprint density at radius 1 is 1.10 bits per heavy atom. The van der Waals surface area contributed by atoms with Crippen molar-refractivity contribution in [3.8, 4) is 10.4 Å². The van der Waals surface area contributed by atoms with Gasteiger partial charge in [-0.2, -0.15) is 0 Å². The van der Waals surface area contributed by atoms with E-state index >= 15 is 0 Å². The third kappa shape index (κ3) is 6.13. The second-order valence-corrected chi connectivity index (χ2v) is 10.7. The van der Waals surface area contributed by atoms with Crippen LogP contribution in [-0.4, -0.2) is 25.0 Å². The molecule has 0 aliphatic rings. The highest BCUT2D eigenvalue weighted by Crippen LogP contribution is 2.32. The number of carbonyl (C=O) groups excluding carboxylic acids is 1. The average Bonchev–Trinajstić information content (AvgIpc) is 3.21. The van der Waals surface area contributed by atoms with E-state index in [-0.39, 0.29) is 10.9 Å². The SMILES string of the molecule is C[C@@H](NC(=O)Nc1ccc(-c2cncs2)c(S(=O)(=O)NC(C)(C)C)c1)c1ccccc1. The lowest BCUT2D eigenvalue weighted by Gasteiger charge is -2.22. The van der Waals surface area contributed by atoms with Crippen molar-refractivity contribution in [2.45, 2.75) is 44.2 Å². The number of thiazole rings is 1. The summed E-state index contributed by atoms with van der Waals surface area (Å²) in [5, 5.41) is 5.60. The van der Waals surface area contributed by atoms with Gasteiger partial charge in [-0.15, -0.1) is 11.3 Å². The molecule has 7 nitrogen and oxygen atoms in total. The lowest BCUT2D eigenvalue weighted by Crippen LogP contribution is -2.40. The van der Waals surface area contributed by atoms with Crippen LogP contribution in [-0.2, 0) is 10.0 Å². The van der Waals surface area contributed by atoms with Gasteiger partial charge < -0.3 is 10.6 Å². The number of nitrogens with zero attached hydrogens (tertiary/aromatic N) is 1. The molecule has 0 spiro atoms. The topological polar surface area (TPSA) is 100 Å². The van der Waals surface area contributed by atoms with Gasteiger partial charge in [0, 0.05) is 23.0 Å². The Balaban J connectivity index is 1.87. The van der Waals surface area contributed by atoms with Crippen LogP contribution in [0.5, 0.6) is 0 Å². The Kier molecular flexibility index (Phi) is 6.78. The molecule has 3 rings (SSSR count). The van der Waals surface area contributed by atoms with Gasteiger partial charge >= 0.3 is 6.03 Å². The van der Waals surface area contributed by atoms with Gasteiger partial charge in [0.1, 0.15) is 0 Å². The molecule has 1 aromatic heterocycles. The molecule has 0 radical (unpaired) electrons. The normalized spacial score (nSPS) is 12.9. The summed E-state index contributed by atoms with van der Waals surface area (Å²) in [4.78, 5) is 17.4. The van der Waals surface area contributed by atoms with Crippen molar-refractivity contribution in [1.82, 2.24) is 15.0 Å². The molecular formula is C22H26N4O3S2. The zero-order valence-corrected chi connectivity index (χ0v) is 19.5. The summed E-state index contributed by atoms with van der Waals surface area (Å²) < 4.78 is 28.9. The maximum absolute atomic E-state index is 13.1. The predicted molar refractivity (Wildman–Crippen MR) is 125 cm³/mol. The Bertz CT molecular complexity index is 1140. The molecule has 9 heteroatoms. The molecule has 1 heterocycles. The lowest BCUT2D eigenvalue weighted by atomic mass is 10.1. The molecule has 0 fully saturated rings. The molecule has 0 saturated carbocycles. The Morgan fingerprint density at radius 3 is 2.42 bits per heavy atom. The Morgan fingerprint density at radius 2 is 1.81 bits per heavy atom. The fourth-order valence-electron chi connectivity index (χ4n) is 3.02. The molecule has 0 saturated heterocycles. The van der Waals surface area contributed by atoms with E-state index in [2.05, 4.69) is 20.3 Å². The van der Waals surface area contributed by atoms with Crippen LogP contribution >= 0.6 is 11.3 Å². The average molecular weight is 459 g/mol. The fraction of sp³-hybridized carbons (Fsp3) is 0.273. The molecule has 2 aromatic carbocycles.